The van der Waals surface area contributed by atoms with Crippen LogP contribution in [0.5, 0.6) is 0 Å². The first-order valence-corrected chi connectivity index (χ1v) is 8.54. The zero-order valence-corrected chi connectivity index (χ0v) is 14.9. The smallest absolute Gasteiger partial charge is 0.270 e. The predicted octanol–water partition coefficient (Wildman–Crippen LogP) is 3.42. The summed E-state index contributed by atoms with van der Waals surface area (Å²) in [5.74, 6) is 0.876. The Morgan fingerprint density at radius 1 is 1.08 bits per heavy atom. The van der Waals surface area contributed by atoms with Gasteiger partial charge in [-0.05, 0) is 37.1 Å². The van der Waals surface area contributed by atoms with E-state index in [1.54, 1.807) is 19.2 Å². The highest BCUT2D eigenvalue weighted by atomic mass is 16.1. The van der Waals surface area contributed by atoms with E-state index in [2.05, 4.69) is 38.6 Å². The fraction of sp³-hybridized carbons (Fsp3) is 0.200. The Balaban J connectivity index is 1.75. The van der Waals surface area contributed by atoms with Crippen LogP contribution < -0.4 is 10.6 Å². The number of aromatic nitrogens is 3. The van der Waals surface area contributed by atoms with Crippen LogP contribution in [0.1, 0.15) is 34.5 Å². The summed E-state index contributed by atoms with van der Waals surface area (Å²) < 4.78 is 0. The second-order valence-corrected chi connectivity index (χ2v) is 5.83. The minimum atomic E-state index is -0.257. The Morgan fingerprint density at radius 2 is 1.88 bits per heavy atom. The highest BCUT2D eigenvalue weighted by Crippen LogP contribution is 2.20. The molecule has 2 N–H and O–H groups in total. The Bertz CT molecular complexity index is 896. The van der Waals surface area contributed by atoms with E-state index in [0.29, 0.717) is 23.9 Å². The zero-order chi connectivity index (χ0) is 18.4. The highest BCUT2D eigenvalue weighted by Gasteiger charge is 2.11. The minimum absolute atomic E-state index is 0.257. The lowest BCUT2D eigenvalue weighted by Crippen LogP contribution is -2.24. The SMILES string of the molecule is CCc1ccccc1Nc1cc(C(=O)NCc2ccccn2)nc(C)n1. The fourth-order valence-electron chi connectivity index (χ4n) is 2.60. The van der Waals surface area contributed by atoms with Gasteiger partial charge in [0.2, 0.25) is 0 Å². The zero-order valence-electron chi connectivity index (χ0n) is 14.9. The van der Waals surface area contributed by atoms with Gasteiger partial charge in [-0.15, -0.1) is 0 Å². The molecule has 0 spiro atoms. The van der Waals surface area contributed by atoms with Crippen LogP contribution in [0.25, 0.3) is 0 Å². The molecule has 0 aliphatic heterocycles. The number of aryl methyl sites for hydroxylation is 2. The summed E-state index contributed by atoms with van der Waals surface area (Å²) in [7, 11) is 0. The molecule has 1 amide bonds. The lowest BCUT2D eigenvalue weighted by atomic mass is 10.1. The van der Waals surface area contributed by atoms with Crippen LogP contribution in [-0.2, 0) is 13.0 Å². The molecule has 3 aromatic rings. The summed E-state index contributed by atoms with van der Waals surface area (Å²) in [5, 5.41) is 6.13. The maximum Gasteiger partial charge on any atom is 0.270 e. The quantitative estimate of drug-likeness (QED) is 0.714. The van der Waals surface area contributed by atoms with E-state index in [1.807, 2.05) is 36.4 Å². The number of carbonyl (C=O) groups excluding carboxylic acids is 1. The molecule has 2 aromatic heterocycles. The van der Waals surface area contributed by atoms with Gasteiger partial charge in [-0.1, -0.05) is 31.2 Å². The van der Waals surface area contributed by atoms with Crippen LogP contribution in [0, 0.1) is 6.92 Å². The maximum absolute atomic E-state index is 12.4. The third-order valence-electron chi connectivity index (χ3n) is 3.89. The normalized spacial score (nSPS) is 10.4. The van der Waals surface area contributed by atoms with Gasteiger partial charge in [0, 0.05) is 18.0 Å². The van der Waals surface area contributed by atoms with Gasteiger partial charge in [0.05, 0.1) is 12.2 Å². The van der Waals surface area contributed by atoms with Crippen molar-refractivity contribution in [2.75, 3.05) is 5.32 Å². The number of anilines is 2. The molecule has 0 unspecified atom stereocenters. The third kappa shape index (κ3) is 4.42. The summed E-state index contributed by atoms with van der Waals surface area (Å²) in [6.45, 7) is 4.22. The Hall–Kier alpha value is -3.28. The van der Waals surface area contributed by atoms with E-state index >= 15 is 0 Å². The molecule has 26 heavy (non-hydrogen) atoms. The van der Waals surface area contributed by atoms with Crippen LogP contribution in [0.4, 0.5) is 11.5 Å². The molecule has 0 fully saturated rings. The van der Waals surface area contributed by atoms with Gasteiger partial charge in [0.1, 0.15) is 17.3 Å². The van der Waals surface area contributed by atoms with E-state index in [0.717, 1.165) is 17.8 Å². The van der Waals surface area contributed by atoms with Crippen molar-refractivity contribution in [1.29, 1.82) is 0 Å². The number of nitrogens with one attached hydrogen (secondary N) is 2. The maximum atomic E-state index is 12.4. The fourth-order valence-corrected chi connectivity index (χ4v) is 2.60. The van der Waals surface area contributed by atoms with Gasteiger partial charge in [-0.3, -0.25) is 9.78 Å². The van der Waals surface area contributed by atoms with E-state index in [9.17, 15) is 4.79 Å². The van der Waals surface area contributed by atoms with Crippen LogP contribution in [0.2, 0.25) is 0 Å². The summed E-state index contributed by atoms with van der Waals surface area (Å²) in [6, 6.07) is 15.3. The number of hydrogen-bond donors (Lipinski definition) is 2. The molecule has 0 aliphatic carbocycles. The molecule has 2 heterocycles. The van der Waals surface area contributed by atoms with Crippen molar-refractivity contribution in [2.45, 2.75) is 26.8 Å². The average molecular weight is 347 g/mol. The summed E-state index contributed by atoms with van der Waals surface area (Å²) in [5.41, 5.74) is 3.28. The molecule has 1 aromatic carbocycles. The molecule has 0 saturated heterocycles. The summed E-state index contributed by atoms with van der Waals surface area (Å²) in [4.78, 5) is 25.3. The van der Waals surface area contributed by atoms with E-state index in [4.69, 9.17) is 0 Å². The number of pyridine rings is 1. The molecule has 0 saturated carbocycles. The van der Waals surface area contributed by atoms with E-state index < -0.39 is 0 Å². The largest absolute Gasteiger partial charge is 0.345 e. The summed E-state index contributed by atoms with van der Waals surface area (Å²) >= 11 is 0. The first-order chi connectivity index (χ1) is 12.7. The van der Waals surface area contributed by atoms with Crippen molar-refractivity contribution in [3.8, 4) is 0 Å². The van der Waals surface area contributed by atoms with Crippen molar-refractivity contribution in [3.63, 3.8) is 0 Å². The molecule has 0 atom stereocenters. The first-order valence-electron chi connectivity index (χ1n) is 8.54. The van der Waals surface area contributed by atoms with Crippen LogP contribution in [-0.4, -0.2) is 20.9 Å². The minimum Gasteiger partial charge on any atom is -0.345 e. The molecule has 0 bridgehead atoms. The van der Waals surface area contributed by atoms with Gasteiger partial charge in [0.25, 0.3) is 5.91 Å². The Kier molecular flexibility index (Phi) is 5.53. The van der Waals surface area contributed by atoms with Gasteiger partial charge < -0.3 is 10.6 Å². The van der Waals surface area contributed by atoms with Gasteiger partial charge in [-0.25, -0.2) is 9.97 Å². The van der Waals surface area contributed by atoms with Crippen molar-refractivity contribution in [3.05, 3.63) is 77.5 Å². The van der Waals surface area contributed by atoms with Crippen molar-refractivity contribution >= 4 is 17.4 Å². The topological polar surface area (TPSA) is 79.8 Å². The van der Waals surface area contributed by atoms with Crippen molar-refractivity contribution in [2.24, 2.45) is 0 Å². The number of carbonyl (C=O) groups is 1. The standard InChI is InChI=1S/C20H21N5O/c1-3-15-8-4-5-10-17(15)25-19-12-18(23-14(2)24-19)20(26)22-13-16-9-6-7-11-21-16/h4-12H,3,13H2,1-2H3,(H,22,26)(H,23,24,25). The number of hydrogen-bond acceptors (Lipinski definition) is 5. The molecular formula is C20H21N5O. The molecule has 6 nitrogen and oxygen atoms in total. The van der Waals surface area contributed by atoms with E-state index in [1.165, 1.54) is 5.56 Å². The number of rotatable bonds is 6. The Labute approximate surface area is 152 Å². The molecule has 0 aliphatic rings. The number of para-hydroxylation sites is 1. The third-order valence-corrected chi connectivity index (χ3v) is 3.89. The lowest BCUT2D eigenvalue weighted by molar-refractivity contribution is 0.0945. The number of amides is 1. The predicted molar refractivity (Wildman–Crippen MR) is 101 cm³/mol. The van der Waals surface area contributed by atoms with Crippen LogP contribution >= 0.6 is 0 Å². The van der Waals surface area contributed by atoms with Crippen LogP contribution in [0.15, 0.2) is 54.7 Å². The van der Waals surface area contributed by atoms with E-state index in [-0.39, 0.29) is 5.91 Å². The van der Waals surface area contributed by atoms with Crippen molar-refractivity contribution < 1.29 is 4.79 Å². The molecule has 0 radical (unpaired) electrons. The second-order valence-electron chi connectivity index (χ2n) is 5.83. The molecular weight excluding hydrogens is 326 g/mol. The van der Waals surface area contributed by atoms with Gasteiger partial charge in [0.15, 0.2) is 0 Å². The monoisotopic (exact) mass is 347 g/mol. The Morgan fingerprint density at radius 3 is 2.65 bits per heavy atom. The van der Waals surface area contributed by atoms with Gasteiger partial charge >= 0.3 is 0 Å². The first kappa shape index (κ1) is 17.5. The number of benzene rings is 1. The lowest BCUT2D eigenvalue weighted by Gasteiger charge is -2.12. The van der Waals surface area contributed by atoms with Crippen molar-refractivity contribution in [1.82, 2.24) is 20.3 Å². The number of nitrogens with zero attached hydrogens (tertiary/aromatic N) is 3. The molecule has 6 heteroatoms. The average Bonchev–Trinajstić information content (AvgIpc) is 2.67. The molecule has 3 rings (SSSR count). The van der Waals surface area contributed by atoms with Gasteiger partial charge in [-0.2, -0.15) is 0 Å². The highest BCUT2D eigenvalue weighted by molar-refractivity contribution is 5.93. The summed E-state index contributed by atoms with van der Waals surface area (Å²) in [6.07, 6.45) is 2.61. The second kappa shape index (κ2) is 8.20. The van der Waals surface area contributed by atoms with Crippen LogP contribution in [0.3, 0.4) is 0 Å². The molecule has 132 valence electrons.